The molecular formula is C8H16N2O2. The van der Waals surface area contributed by atoms with Gasteiger partial charge in [0, 0.05) is 19.2 Å². The molecule has 0 aromatic heterocycles. The van der Waals surface area contributed by atoms with Crippen LogP contribution in [0.15, 0.2) is 0 Å². The Balaban J connectivity index is 1.87. The van der Waals surface area contributed by atoms with Gasteiger partial charge in [0.05, 0.1) is 6.61 Å². The lowest BCUT2D eigenvalue weighted by molar-refractivity contribution is 0.149. The fourth-order valence-electron chi connectivity index (χ4n) is 0.845. The van der Waals surface area contributed by atoms with Crippen molar-refractivity contribution in [3.05, 3.63) is 0 Å². The first-order chi connectivity index (χ1) is 5.83. The van der Waals surface area contributed by atoms with Gasteiger partial charge in [-0.25, -0.2) is 4.79 Å². The van der Waals surface area contributed by atoms with Crippen LogP contribution < -0.4 is 10.6 Å². The summed E-state index contributed by atoms with van der Waals surface area (Å²) in [6, 6.07) is 0.356. The number of amides is 2. The van der Waals surface area contributed by atoms with Crippen LogP contribution in [0.2, 0.25) is 0 Å². The van der Waals surface area contributed by atoms with Gasteiger partial charge in [-0.15, -0.1) is 0 Å². The van der Waals surface area contributed by atoms with Crippen molar-refractivity contribution >= 4 is 6.03 Å². The van der Waals surface area contributed by atoms with Gasteiger partial charge in [0.15, 0.2) is 0 Å². The zero-order valence-electron chi connectivity index (χ0n) is 7.43. The van der Waals surface area contributed by atoms with Gasteiger partial charge in [-0.3, -0.25) is 0 Å². The number of urea groups is 1. The van der Waals surface area contributed by atoms with Crippen molar-refractivity contribution in [2.24, 2.45) is 0 Å². The summed E-state index contributed by atoms with van der Waals surface area (Å²) in [4.78, 5) is 11.0. The summed E-state index contributed by atoms with van der Waals surface area (Å²) in [7, 11) is 0. The predicted molar refractivity (Wildman–Crippen MR) is 46.0 cm³/mol. The first-order valence-corrected chi connectivity index (χ1v) is 4.45. The van der Waals surface area contributed by atoms with Crippen LogP contribution >= 0.6 is 0 Å². The van der Waals surface area contributed by atoms with Crippen molar-refractivity contribution in [3.63, 3.8) is 0 Å². The lowest BCUT2D eigenvalue weighted by Gasteiger charge is -2.05. The summed E-state index contributed by atoms with van der Waals surface area (Å²) in [6.07, 6.45) is 2.25. The van der Waals surface area contributed by atoms with E-state index in [1.165, 1.54) is 0 Å². The van der Waals surface area contributed by atoms with E-state index in [1.54, 1.807) is 0 Å². The molecule has 1 rings (SSSR count). The minimum Gasteiger partial charge on any atom is -0.380 e. The van der Waals surface area contributed by atoms with E-state index in [2.05, 4.69) is 10.6 Å². The number of hydrogen-bond acceptors (Lipinski definition) is 2. The molecule has 4 heteroatoms. The summed E-state index contributed by atoms with van der Waals surface area (Å²) in [5, 5.41) is 5.54. The van der Waals surface area contributed by atoms with Gasteiger partial charge in [0.25, 0.3) is 0 Å². The average Bonchev–Trinajstić information content (AvgIpc) is 2.82. The fraction of sp³-hybridized carbons (Fsp3) is 0.875. The second kappa shape index (κ2) is 4.98. The average molecular weight is 172 g/mol. The van der Waals surface area contributed by atoms with Crippen molar-refractivity contribution < 1.29 is 9.53 Å². The minimum absolute atomic E-state index is 0.0720. The summed E-state index contributed by atoms with van der Waals surface area (Å²) in [5.41, 5.74) is 0. The summed E-state index contributed by atoms with van der Waals surface area (Å²) < 4.78 is 5.06. The highest BCUT2D eigenvalue weighted by Gasteiger charge is 2.22. The molecule has 0 aromatic carbocycles. The van der Waals surface area contributed by atoms with Gasteiger partial charge in [-0.05, 0) is 19.8 Å². The molecule has 0 radical (unpaired) electrons. The Hall–Kier alpha value is -0.770. The topological polar surface area (TPSA) is 50.4 Å². The summed E-state index contributed by atoms with van der Waals surface area (Å²) in [5.74, 6) is 0. The molecule has 0 unspecified atom stereocenters. The van der Waals surface area contributed by atoms with Crippen molar-refractivity contribution in [3.8, 4) is 0 Å². The number of nitrogens with one attached hydrogen (secondary N) is 2. The lowest BCUT2D eigenvalue weighted by Crippen LogP contribution is -2.38. The molecule has 0 saturated heterocycles. The Labute approximate surface area is 72.7 Å². The fourth-order valence-corrected chi connectivity index (χ4v) is 0.845. The summed E-state index contributed by atoms with van der Waals surface area (Å²) >= 11 is 0. The van der Waals surface area contributed by atoms with E-state index >= 15 is 0 Å². The molecule has 2 N–H and O–H groups in total. The van der Waals surface area contributed by atoms with Crippen molar-refractivity contribution in [2.45, 2.75) is 25.8 Å². The maximum atomic E-state index is 11.0. The highest BCUT2D eigenvalue weighted by atomic mass is 16.5. The van der Waals surface area contributed by atoms with E-state index < -0.39 is 0 Å². The van der Waals surface area contributed by atoms with Gasteiger partial charge in [-0.2, -0.15) is 0 Å². The molecule has 0 spiro atoms. The van der Waals surface area contributed by atoms with Gasteiger partial charge in [0.2, 0.25) is 0 Å². The van der Waals surface area contributed by atoms with Crippen molar-refractivity contribution in [1.82, 2.24) is 10.6 Å². The molecule has 1 fully saturated rings. The highest BCUT2D eigenvalue weighted by Crippen LogP contribution is 2.17. The van der Waals surface area contributed by atoms with Gasteiger partial charge in [-0.1, -0.05) is 0 Å². The summed E-state index contributed by atoms with van der Waals surface area (Å²) in [6.45, 7) is 3.82. The third-order valence-electron chi connectivity index (χ3n) is 1.65. The van der Waals surface area contributed by atoms with Crippen molar-refractivity contribution in [2.75, 3.05) is 19.8 Å². The Morgan fingerprint density at radius 3 is 2.92 bits per heavy atom. The number of hydrogen-bond donors (Lipinski definition) is 2. The molecule has 1 aliphatic carbocycles. The standard InChI is InChI=1S/C8H16N2O2/c1-2-12-6-5-9-8(11)10-7-3-4-7/h7H,2-6H2,1H3,(H2,9,10,11). The highest BCUT2D eigenvalue weighted by molar-refractivity contribution is 5.74. The van der Waals surface area contributed by atoms with Crippen LogP contribution in [0.4, 0.5) is 4.79 Å². The molecule has 4 nitrogen and oxygen atoms in total. The van der Waals surface area contributed by atoms with Gasteiger partial charge >= 0.3 is 6.03 Å². The van der Waals surface area contributed by atoms with Crippen LogP contribution in [-0.4, -0.2) is 31.8 Å². The predicted octanol–water partition coefficient (Wildman–Crippen LogP) is 0.484. The Morgan fingerprint density at radius 2 is 2.33 bits per heavy atom. The first-order valence-electron chi connectivity index (χ1n) is 4.45. The third-order valence-corrected chi connectivity index (χ3v) is 1.65. The monoisotopic (exact) mass is 172 g/mol. The zero-order chi connectivity index (χ0) is 8.81. The molecule has 0 heterocycles. The number of rotatable bonds is 5. The molecule has 1 aliphatic rings. The van der Waals surface area contributed by atoms with Gasteiger partial charge in [0.1, 0.15) is 0 Å². The number of carbonyl (C=O) groups excluding carboxylic acids is 1. The second-order valence-corrected chi connectivity index (χ2v) is 2.87. The van der Waals surface area contributed by atoms with Crippen LogP contribution in [0.3, 0.4) is 0 Å². The second-order valence-electron chi connectivity index (χ2n) is 2.87. The van der Waals surface area contributed by atoms with E-state index in [0.717, 1.165) is 12.8 Å². The minimum atomic E-state index is -0.0720. The lowest BCUT2D eigenvalue weighted by atomic mass is 10.6. The zero-order valence-corrected chi connectivity index (χ0v) is 7.43. The number of carbonyl (C=O) groups is 1. The number of ether oxygens (including phenoxy) is 1. The van der Waals surface area contributed by atoms with E-state index in [0.29, 0.717) is 25.8 Å². The Kier molecular flexibility index (Phi) is 3.87. The molecular weight excluding hydrogens is 156 g/mol. The third kappa shape index (κ3) is 4.18. The van der Waals surface area contributed by atoms with Crippen molar-refractivity contribution in [1.29, 1.82) is 0 Å². The molecule has 2 amide bonds. The molecule has 12 heavy (non-hydrogen) atoms. The SMILES string of the molecule is CCOCCNC(=O)NC1CC1. The van der Waals surface area contributed by atoms with E-state index in [1.807, 2.05) is 6.92 Å². The molecule has 0 aliphatic heterocycles. The van der Waals surface area contributed by atoms with Gasteiger partial charge < -0.3 is 15.4 Å². The molecule has 1 saturated carbocycles. The maximum Gasteiger partial charge on any atom is 0.315 e. The van der Waals surface area contributed by atoms with E-state index in [4.69, 9.17) is 4.74 Å². The van der Waals surface area contributed by atoms with Crippen LogP contribution in [0.5, 0.6) is 0 Å². The normalized spacial score (nSPS) is 15.8. The molecule has 0 bridgehead atoms. The smallest absolute Gasteiger partial charge is 0.315 e. The van der Waals surface area contributed by atoms with E-state index in [9.17, 15) is 4.79 Å². The Morgan fingerprint density at radius 1 is 1.58 bits per heavy atom. The Bertz CT molecular complexity index is 146. The van der Waals surface area contributed by atoms with Crippen LogP contribution in [0.25, 0.3) is 0 Å². The largest absolute Gasteiger partial charge is 0.380 e. The van der Waals surface area contributed by atoms with E-state index in [-0.39, 0.29) is 6.03 Å². The van der Waals surface area contributed by atoms with Crippen LogP contribution in [-0.2, 0) is 4.74 Å². The van der Waals surface area contributed by atoms with Crippen LogP contribution in [0, 0.1) is 0 Å². The molecule has 70 valence electrons. The first kappa shape index (κ1) is 9.32. The maximum absolute atomic E-state index is 11.0. The molecule has 0 atom stereocenters. The quantitative estimate of drug-likeness (QED) is 0.593. The molecule has 0 aromatic rings. The van der Waals surface area contributed by atoms with Crippen LogP contribution in [0.1, 0.15) is 19.8 Å².